The first-order valence-corrected chi connectivity index (χ1v) is 11.5. The molecule has 0 unspecified atom stereocenters. The number of ether oxygens (including phenoxy) is 1. The number of halogens is 3. The number of alkyl halides is 3. The number of likely N-dealkylation sites (N-methyl/N-ethyl adjacent to an activating group) is 1. The Bertz CT molecular complexity index is 1300. The Morgan fingerprint density at radius 2 is 1.95 bits per heavy atom. The maximum Gasteiger partial charge on any atom is 0.451 e. The van der Waals surface area contributed by atoms with Crippen molar-refractivity contribution in [3.05, 3.63) is 47.8 Å². The SMILES string of the molecule is C[C@H](O)[C@H]1C(=O)N2CCCc3nc(NCc4ccc(Oc5cnc(C(F)(F)F)nc5)nc4)nc(c32)N1C. The summed E-state index contributed by atoms with van der Waals surface area (Å²) in [5, 5.41) is 13.4. The number of hydrogen-bond donors (Lipinski definition) is 2. The number of amides is 1. The smallest absolute Gasteiger partial charge is 0.436 e. The van der Waals surface area contributed by atoms with Crippen molar-refractivity contribution in [2.45, 2.75) is 44.6 Å². The fourth-order valence-corrected chi connectivity index (χ4v) is 4.38. The van der Waals surface area contributed by atoms with Crippen LogP contribution in [0.3, 0.4) is 0 Å². The van der Waals surface area contributed by atoms with E-state index >= 15 is 0 Å². The van der Waals surface area contributed by atoms with Crippen molar-refractivity contribution in [3.63, 3.8) is 0 Å². The number of nitrogens with zero attached hydrogens (tertiary/aromatic N) is 7. The van der Waals surface area contributed by atoms with Crippen LogP contribution in [0, 0.1) is 0 Å². The standard InChI is InChI=1S/C23H23F3N8O3/c1-12(35)17-20(36)34-7-3-4-15-18(34)19(33(17)2)32-22(31-15)30-9-13-5-6-16(27-8-13)37-14-10-28-21(29-11-14)23(24,25)26/h5-6,8,10-12,17,35H,3-4,7,9H2,1-2H3,(H,30,31,32)/t12-,17-/m0/s1. The number of carbonyl (C=O) groups excluding carboxylic acids is 1. The molecule has 1 amide bonds. The maximum atomic E-state index is 12.9. The zero-order valence-corrected chi connectivity index (χ0v) is 19.9. The topological polar surface area (TPSA) is 129 Å². The normalized spacial score (nSPS) is 17.9. The molecule has 5 heterocycles. The van der Waals surface area contributed by atoms with E-state index in [4.69, 9.17) is 4.74 Å². The van der Waals surface area contributed by atoms with Gasteiger partial charge in [-0.15, -0.1) is 0 Å². The highest BCUT2D eigenvalue weighted by Crippen LogP contribution is 2.40. The van der Waals surface area contributed by atoms with E-state index in [-0.39, 0.29) is 17.5 Å². The first-order valence-electron chi connectivity index (χ1n) is 11.5. The fourth-order valence-electron chi connectivity index (χ4n) is 4.38. The van der Waals surface area contributed by atoms with Crippen molar-refractivity contribution in [1.29, 1.82) is 0 Å². The average Bonchev–Trinajstić information content (AvgIpc) is 2.86. The van der Waals surface area contributed by atoms with Gasteiger partial charge in [-0.2, -0.15) is 18.2 Å². The third-order valence-corrected chi connectivity index (χ3v) is 6.08. The fraction of sp³-hybridized carbons (Fsp3) is 0.391. The lowest BCUT2D eigenvalue weighted by molar-refractivity contribution is -0.145. The van der Waals surface area contributed by atoms with E-state index in [1.165, 1.54) is 0 Å². The molecule has 2 aliphatic heterocycles. The molecule has 2 N–H and O–H groups in total. The van der Waals surface area contributed by atoms with E-state index in [2.05, 4.69) is 30.2 Å². The second-order valence-corrected chi connectivity index (χ2v) is 8.76. The minimum Gasteiger partial charge on any atom is -0.436 e. The number of hydrogen-bond acceptors (Lipinski definition) is 10. The van der Waals surface area contributed by atoms with Gasteiger partial charge in [0.1, 0.15) is 11.7 Å². The van der Waals surface area contributed by atoms with Crippen molar-refractivity contribution in [1.82, 2.24) is 24.9 Å². The summed E-state index contributed by atoms with van der Waals surface area (Å²) in [7, 11) is 1.73. The molecule has 0 fully saturated rings. The summed E-state index contributed by atoms with van der Waals surface area (Å²) in [6.45, 7) is 2.48. The molecule has 5 rings (SSSR count). The van der Waals surface area contributed by atoms with Crippen molar-refractivity contribution < 1.29 is 27.8 Å². The van der Waals surface area contributed by atoms with E-state index < -0.39 is 24.1 Å². The lowest BCUT2D eigenvalue weighted by Gasteiger charge is -2.43. The number of pyridine rings is 1. The number of aliphatic hydroxyl groups is 1. The Labute approximate surface area is 209 Å². The number of nitrogens with one attached hydrogen (secondary N) is 1. The molecule has 0 spiro atoms. The van der Waals surface area contributed by atoms with Gasteiger partial charge in [0.05, 0.1) is 24.2 Å². The molecule has 0 saturated heterocycles. The van der Waals surface area contributed by atoms with Crippen molar-refractivity contribution in [2.75, 3.05) is 28.7 Å². The molecular weight excluding hydrogens is 493 g/mol. The molecule has 0 radical (unpaired) electrons. The van der Waals surface area contributed by atoms with Crippen LogP contribution in [0.15, 0.2) is 30.7 Å². The number of carbonyl (C=O) groups is 1. The lowest BCUT2D eigenvalue weighted by atomic mass is 10.00. The zero-order chi connectivity index (χ0) is 26.3. The highest BCUT2D eigenvalue weighted by molar-refractivity contribution is 6.06. The van der Waals surface area contributed by atoms with E-state index in [0.717, 1.165) is 30.1 Å². The maximum absolute atomic E-state index is 12.9. The molecule has 37 heavy (non-hydrogen) atoms. The first-order chi connectivity index (χ1) is 17.6. The number of aliphatic hydroxyl groups excluding tert-OH is 1. The molecule has 2 atom stereocenters. The van der Waals surface area contributed by atoms with Crippen LogP contribution in [0.4, 0.5) is 30.6 Å². The summed E-state index contributed by atoms with van der Waals surface area (Å²) in [5.74, 6) is -0.264. The predicted octanol–water partition coefficient (Wildman–Crippen LogP) is 2.56. The van der Waals surface area contributed by atoms with Crippen LogP contribution in [0.25, 0.3) is 0 Å². The molecule has 3 aromatic heterocycles. The second-order valence-electron chi connectivity index (χ2n) is 8.76. The van der Waals surface area contributed by atoms with Crippen LogP contribution in [0.1, 0.15) is 30.4 Å². The Morgan fingerprint density at radius 1 is 1.19 bits per heavy atom. The molecule has 0 saturated carbocycles. The number of rotatable bonds is 6. The molecule has 0 bridgehead atoms. The van der Waals surface area contributed by atoms with Gasteiger partial charge in [-0.1, -0.05) is 6.07 Å². The third-order valence-electron chi connectivity index (χ3n) is 6.08. The van der Waals surface area contributed by atoms with Gasteiger partial charge in [-0.3, -0.25) is 4.79 Å². The van der Waals surface area contributed by atoms with Gasteiger partial charge in [-0.25, -0.2) is 19.9 Å². The van der Waals surface area contributed by atoms with E-state index in [0.29, 0.717) is 37.0 Å². The van der Waals surface area contributed by atoms with Crippen LogP contribution >= 0.6 is 0 Å². The predicted molar refractivity (Wildman–Crippen MR) is 125 cm³/mol. The Hall–Kier alpha value is -4.07. The number of anilines is 3. The van der Waals surface area contributed by atoms with E-state index in [1.807, 2.05) is 0 Å². The molecule has 14 heteroatoms. The quantitative estimate of drug-likeness (QED) is 0.504. The van der Waals surface area contributed by atoms with Crippen LogP contribution in [0.5, 0.6) is 11.6 Å². The van der Waals surface area contributed by atoms with Gasteiger partial charge >= 0.3 is 6.18 Å². The summed E-state index contributed by atoms with van der Waals surface area (Å²) >= 11 is 0. The monoisotopic (exact) mass is 516 g/mol. The Balaban J connectivity index is 1.28. The molecule has 3 aromatic rings. The van der Waals surface area contributed by atoms with Gasteiger partial charge in [0.2, 0.25) is 17.7 Å². The van der Waals surface area contributed by atoms with Crippen molar-refractivity contribution >= 4 is 23.4 Å². The highest BCUT2D eigenvalue weighted by Gasteiger charge is 2.43. The van der Waals surface area contributed by atoms with Gasteiger partial charge in [0.25, 0.3) is 5.91 Å². The summed E-state index contributed by atoms with van der Waals surface area (Å²) in [6, 6.07) is 2.57. The van der Waals surface area contributed by atoms with Gasteiger partial charge in [0.15, 0.2) is 11.6 Å². The largest absolute Gasteiger partial charge is 0.451 e. The highest BCUT2D eigenvalue weighted by atomic mass is 19.4. The first kappa shape index (κ1) is 24.6. The molecular formula is C23H23F3N8O3. The molecule has 11 nitrogen and oxygen atoms in total. The van der Waals surface area contributed by atoms with Crippen LogP contribution in [-0.2, 0) is 23.9 Å². The van der Waals surface area contributed by atoms with Crippen molar-refractivity contribution in [2.24, 2.45) is 0 Å². The van der Waals surface area contributed by atoms with Crippen LogP contribution in [-0.4, -0.2) is 61.7 Å². The van der Waals surface area contributed by atoms with Crippen LogP contribution < -0.4 is 19.9 Å². The molecule has 2 aliphatic rings. The third kappa shape index (κ3) is 4.83. The summed E-state index contributed by atoms with van der Waals surface area (Å²) in [5.41, 5.74) is 2.23. The Kier molecular flexibility index (Phi) is 6.27. The average molecular weight is 516 g/mol. The van der Waals surface area contributed by atoms with Gasteiger partial charge in [-0.05, 0) is 25.3 Å². The van der Waals surface area contributed by atoms with Crippen LogP contribution in [0.2, 0.25) is 0 Å². The van der Waals surface area contributed by atoms with E-state index in [1.54, 1.807) is 42.1 Å². The lowest BCUT2D eigenvalue weighted by Crippen LogP contribution is -2.58. The van der Waals surface area contributed by atoms with Gasteiger partial charge in [0, 0.05) is 32.4 Å². The Morgan fingerprint density at radius 3 is 2.59 bits per heavy atom. The number of aromatic nitrogens is 5. The molecule has 194 valence electrons. The summed E-state index contributed by atoms with van der Waals surface area (Å²) < 4.78 is 43.2. The summed E-state index contributed by atoms with van der Waals surface area (Å²) in [6.07, 6.45) is -0.621. The summed E-state index contributed by atoms with van der Waals surface area (Å²) in [4.78, 5) is 36.2. The van der Waals surface area contributed by atoms with E-state index in [9.17, 15) is 23.1 Å². The number of aryl methyl sites for hydroxylation is 1. The minimum absolute atomic E-state index is 0.0231. The minimum atomic E-state index is -4.63. The molecule has 0 aliphatic carbocycles. The zero-order valence-electron chi connectivity index (χ0n) is 19.9. The molecule has 0 aromatic carbocycles. The van der Waals surface area contributed by atoms with Gasteiger partial charge < -0.3 is 25.0 Å². The van der Waals surface area contributed by atoms with Crippen molar-refractivity contribution in [3.8, 4) is 11.6 Å². The second kappa shape index (κ2) is 9.42.